The third kappa shape index (κ3) is 2.87. The third-order valence-electron chi connectivity index (χ3n) is 3.75. The van der Waals surface area contributed by atoms with E-state index in [4.69, 9.17) is 9.26 Å². The van der Waals surface area contributed by atoms with Crippen LogP contribution in [0.15, 0.2) is 34.9 Å². The molecule has 0 radical (unpaired) electrons. The first-order valence-corrected chi connectivity index (χ1v) is 7.31. The number of hydrogen-bond acceptors (Lipinski definition) is 4. The maximum Gasteiger partial charge on any atom is 0.276 e. The second-order valence-electron chi connectivity index (χ2n) is 5.21. The van der Waals surface area contributed by atoms with Crippen molar-refractivity contribution in [2.24, 2.45) is 0 Å². The summed E-state index contributed by atoms with van der Waals surface area (Å²) in [7, 11) is 0. The van der Waals surface area contributed by atoms with Gasteiger partial charge in [-0.1, -0.05) is 24.2 Å². The smallest absolute Gasteiger partial charge is 0.276 e. The molecule has 2 heterocycles. The van der Waals surface area contributed by atoms with E-state index >= 15 is 0 Å². The molecule has 0 saturated carbocycles. The Morgan fingerprint density at radius 3 is 3.05 bits per heavy atom. The summed E-state index contributed by atoms with van der Waals surface area (Å²) in [5.74, 6) is -0.370. The van der Waals surface area contributed by atoms with Crippen molar-refractivity contribution in [2.45, 2.75) is 19.4 Å². The fourth-order valence-corrected chi connectivity index (χ4v) is 2.48. The molecule has 0 bridgehead atoms. The normalized spacial score (nSPS) is 18.5. The average molecular weight is 304 g/mol. The van der Waals surface area contributed by atoms with Crippen molar-refractivity contribution >= 4 is 5.91 Å². The quantitative estimate of drug-likeness (QED) is 0.875. The van der Waals surface area contributed by atoms with Gasteiger partial charge in [-0.3, -0.25) is 4.79 Å². The van der Waals surface area contributed by atoms with E-state index in [0.717, 1.165) is 6.42 Å². The summed E-state index contributed by atoms with van der Waals surface area (Å²) in [5.41, 5.74) is 0.484. The van der Waals surface area contributed by atoms with E-state index in [9.17, 15) is 9.18 Å². The highest BCUT2D eigenvalue weighted by Gasteiger charge is 2.26. The van der Waals surface area contributed by atoms with Crippen LogP contribution in [0.25, 0.3) is 11.3 Å². The standard InChI is InChI=1S/C16H17FN2O3/c1-2-11-10-19(7-8-21-11)16(20)14-9-15(22-18-14)12-5-3-4-6-13(12)17/h3-6,9,11H,2,7-8,10H2,1H3/t11-/m0/s1. The highest BCUT2D eigenvalue weighted by atomic mass is 19.1. The molecule has 116 valence electrons. The van der Waals surface area contributed by atoms with Crippen LogP contribution in [0.3, 0.4) is 0 Å². The molecular weight excluding hydrogens is 287 g/mol. The van der Waals surface area contributed by atoms with E-state index in [2.05, 4.69) is 5.16 Å². The molecule has 1 saturated heterocycles. The highest BCUT2D eigenvalue weighted by molar-refractivity contribution is 5.93. The lowest BCUT2D eigenvalue weighted by molar-refractivity contribution is -0.0229. The van der Waals surface area contributed by atoms with E-state index in [1.165, 1.54) is 12.1 Å². The number of halogens is 1. The van der Waals surface area contributed by atoms with Gasteiger partial charge in [-0.25, -0.2) is 4.39 Å². The summed E-state index contributed by atoms with van der Waals surface area (Å²) in [6.45, 7) is 3.60. The van der Waals surface area contributed by atoms with Crippen molar-refractivity contribution in [3.63, 3.8) is 0 Å². The van der Waals surface area contributed by atoms with Gasteiger partial charge in [-0.05, 0) is 18.6 Å². The lowest BCUT2D eigenvalue weighted by atomic mass is 10.1. The number of nitrogens with zero attached hydrogens (tertiary/aromatic N) is 2. The first-order valence-electron chi connectivity index (χ1n) is 7.31. The molecule has 0 N–H and O–H groups in total. The summed E-state index contributed by atoms with van der Waals surface area (Å²) < 4.78 is 24.4. The number of carbonyl (C=O) groups is 1. The Labute approximate surface area is 127 Å². The average Bonchev–Trinajstić information content (AvgIpc) is 3.04. The van der Waals surface area contributed by atoms with E-state index < -0.39 is 5.82 Å². The highest BCUT2D eigenvalue weighted by Crippen LogP contribution is 2.24. The molecule has 1 amide bonds. The SMILES string of the molecule is CC[C@H]1CN(C(=O)c2cc(-c3ccccc3F)on2)CCO1. The summed E-state index contributed by atoms with van der Waals surface area (Å²) in [4.78, 5) is 14.1. The molecule has 5 nitrogen and oxygen atoms in total. The lowest BCUT2D eigenvalue weighted by Crippen LogP contribution is -2.45. The van der Waals surface area contributed by atoms with Crippen molar-refractivity contribution in [1.82, 2.24) is 10.1 Å². The van der Waals surface area contributed by atoms with Crippen molar-refractivity contribution in [2.75, 3.05) is 19.7 Å². The van der Waals surface area contributed by atoms with Gasteiger partial charge in [0.1, 0.15) is 5.82 Å². The Hall–Kier alpha value is -2.21. The molecule has 1 atom stereocenters. The largest absolute Gasteiger partial charge is 0.375 e. The Balaban J connectivity index is 1.79. The number of amides is 1. The molecule has 1 aromatic heterocycles. The Morgan fingerprint density at radius 1 is 1.45 bits per heavy atom. The van der Waals surface area contributed by atoms with Crippen LogP contribution in [0.1, 0.15) is 23.8 Å². The first kappa shape index (κ1) is 14.7. The van der Waals surface area contributed by atoms with Gasteiger partial charge in [0, 0.05) is 19.2 Å². The maximum absolute atomic E-state index is 13.7. The molecule has 1 fully saturated rings. The zero-order chi connectivity index (χ0) is 15.5. The summed E-state index contributed by atoms with van der Waals surface area (Å²) in [5, 5.41) is 3.79. The van der Waals surface area contributed by atoms with E-state index in [1.54, 1.807) is 23.1 Å². The van der Waals surface area contributed by atoms with Gasteiger partial charge >= 0.3 is 0 Å². The predicted octanol–water partition coefficient (Wildman–Crippen LogP) is 2.73. The second kappa shape index (κ2) is 6.27. The van der Waals surface area contributed by atoms with Crippen LogP contribution in [-0.4, -0.2) is 41.8 Å². The summed E-state index contributed by atoms with van der Waals surface area (Å²) >= 11 is 0. The minimum Gasteiger partial charge on any atom is -0.375 e. The minimum atomic E-state index is -0.407. The van der Waals surface area contributed by atoms with Crippen LogP contribution >= 0.6 is 0 Å². The Morgan fingerprint density at radius 2 is 2.27 bits per heavy atom. The number of carbonyl (C=O) groups excluding carboxylic acids is 1. The van der Waals surface area contributed by atoms with Crippen LogP contribution in [-0.2, 0) is 4.74 Å². The number of benzene rings is 1. The topological polar surface area (TPSA) is 55.6 Å². The van der Waals surface area contributed by atoms with Crippen molar-refractivity contribution in [3.05, 3.63) is 41.8 Å². The molecule has 3 rings (SSSR count). The van der Waals surface area contributed by atoms with Crippen LogP contribution in [0.2, 0.25) is 0 Å². The molecular formula is C16H17FN2O3. The van der Waals surface area contributed by atoms with Crippen molar-refractivity contribution < 1.29 is 18.4 Å². The van der Waals surface area contributed by atoms with Crippen LogP contribution < -0.4 is 0 Å². The predicted molar refractivity (Wildman–Crippen MR) is 77.8 cm³/mol. The lowest BCUT2D eigenvalue weighted by Gasteiger charge is -2.31. The van der Waals surface area contributed by atoms with Crippen LogP contribution in [0.4, 0.5) is 4.39 Å². The Bertz CT molecular complexity index is 671. The maximum atomic E-state index is 13.7. The van der Waals surface area contributed by atoms with Gasteiger partial charge in [-0.15, -0.1) is 0 Å². The van der Waals surface area contributed by atoms with Gasteiger partial charge < -0.3 is 14.2 Å². The molecule has 0 aliphatic carbocycles. The third-order valence-corrected chi connectivity index (χ3v) is 3.75. The molecule has 0 spiro atoms. The number of aromatic nitrogens is 1. The molecule has 2 aromatic rings. The van der Waals surface area contributed by atoms with E-state index in [1.807, 2.05) is 6.92 Å². The zero-order valence-electron chi connectivity index (χ0n) is 12.3. The van der Waals surface area contributed by atoms with Gasteiger partial charge in [0.25, 0.3) is 5.91 Å². The molecule has 0 unspecified atom stereocenters. The molecule has 1 aromatic carbocycles. The van der Waals surface area contributed by atoms with E-state index in [-0.39, 0.29) is 23.5 Å². The van der Waals surface area contributed by atoms with Gasteiger partial charge in [0.2, 0.25) is 0 Å². The fourth-order valence-electron chi connectivity index (χ4n) is 2.48. The van der Waals surface area contributed by atoms with Gasteiger partial charge in [0.05, 0.1) is 18.3 Å². The molecule has 6 heteroatoms. The molecule has 1 aliphatic rings. The van der Waals surface area contributed by atoms with Crippen molar-refractivity contribution in [1.29, 1.82) is 0 Å². The monoisotopic (exact) mass is 304 g/mol. The number of morpholine rings is 1. The molecule has 22 heavy (non-hydrogen) atoms. The second-order valence-corrected chi connectivity index (χ2v) is 5.21. The van der Waals surface area contributed by atoms with Crippen LogP contribution in [0, 0.1) is 5.82 Å². The van der Waals surface area contributed by atoms with Gasteiger partial charge in [-0.2, -0.15) is 0 Å². The minimum absolute atomic E-state index is 0.0515. The Kier molecular flexibility index (Phi) is 4.20. The number of ether oxygens (including phenoxy) is 1. The fraction of sp³-hybridized carbons (Fsp3) is 0.375. The summed E-state index contributed by atoms with van der Waals surface area (Å²) in [6.07, 6.45) is 0.902. The number of hydrogen-bond donors (Lipinski definition) is 0. The molecule has 1 aliphatic heterocycles. The first-order chi connectivity index (χ1) is 10.7. The summed E-state index contributed by atoms with van der Waals surface area (Å²) in [6, 6.07) is 7.71. The number of rotatable bonds is 3. The van der Waals surface area contributed by atoms with E-state index in [0.29, 0.717) is 25.3 Å². The zero-order valence-corrected chi connectivity index (χ0v) is 12.3. The van der Waals surface area contributed by atoms with Crippen molar-refractivity contribution in [3.8, 4) is 11.3 Å². The van der Waals surface area contributed by atoms with Gasteiger partial charge in [0.15, 0.2) is 11.5 Å². The van der Waals surface area contributed by atoms with Crippen LogP contribution in [0.5, 0.6) is 0 Å².